The van der Waals surface area contributed by atoms with Gasteiger partial charge >= 0.3 is 0 Å². The van der Waals surface area contributed by atoms with Crippen molar-refractivity contribution < 1.29 is 0 Å². The van der Waals surface area contributed by atoms with Crippen LogP contribution in [-0.2, 0) is 6.54 Å². The molecule has 108 valence electrons. The highest BCUT2D eigenvalue weighted by molar-refractivity contribution is 6.31. The fourth-order valence-corrected chi connectivity index (χ4v) is 3.48. The molecule has 3 atom stereocenters. The minimum absolute atomic E-state index is 0. The van der Waals surface area contributed by atoms with E-state index in [0.29, 0.717) is 12.0 Å². The topological polar surface area (TPSA) is 42.1 Å². The lowest BCUT2D eigenvalue weighted by Crippen LogP contribution is -2.30. The van der Waals surface area contributed by atoms with Gasteiger partial charge in [-0.15, -0.1) is 24.8 Å². The molecule has 1 aromatic heterocycles. The Bertz CT molecular complexity index is 416. The monoisotopic (exact) mass is 323 g/mol. The van der Waals surface area contributed by atoms with Crippen LogP contribution in [0.15, 0.2) is 18.5 Å². The summed E-state index contributed by atoms with van der Waals surface area (Å²) in [5.41, 5.74) is 7.32. The number of rotatable bonds is 2. The SMILES string of the molecule is Cl.Cl.NC1CCC2CN(Cc3ccncc3Cl)CC12. The predicted molar refractivity (Wildman–Crippen MR) is 83.2 cm³/mol. The molecule has 0 spiro atoms. The van der Waals surface area contributed by atoms with Crippen LogP contribution in [0, 0.1) is 11.8 Å². The Morgan fingerprint density at radius 1 is 1.32 bits per heavy atom. The second-order valence-electron chi connectivity index (χ2n) is 5.33. The third-order valence-corrected chi connectivity index (χ3v) is 4.58. The lowest BCUT2D eigenvalue weighted by atomic mass is 9.98. The van der Waals surface area contributed by atoms with Gasteiger partial charge in [-0.25, -0.2) is 0 Å². The molecule has 3 rings (SSSR count). The Morgan fingerprint density at radius 2 is 2.11 bits per heavy atom. The lowest BCUT2D eigenvalue weighted by molar-refractivity contribution is 0.298. The number of aromatic nitrogens is 1. The summed E-state index contributed by atoms with van der Waals surface area (Å²) in [5.74, 6) is 1.52. The minimum Gasteiger partial charge on any atom is -0.327 e. The van der Waals surface area contributed by atoms with Gasteiger partial charge in [-0.1, -0.05) is 11.6 Å². The Kier molecular flexibility index (Phi) is 6.34. The number of nitrogens with zero attached hydrogens (tertiary/aromatic N) is 2. The molecule has 0 bridgehead atoms. The third-order valence-electron chi connectivity index (χ3n) is 4.24. The van der Waals surface area contributed by atoms with Crippen molar-refractivity contribution >= 4 is 36.4 Å². The molecule has 1 aromatic rings. The summed E-state index contributed by atoms with van der Waals surface area (Å²) in [6.07, 6.45) is 6.04. The fourth-order valence-electron chi connectivity index (χ4n) is 3.30. The Balaban J connectivity index is 0.000000902. The first-order chi connectivity index (χ1) is 8.24. The van der Waals surface area contributed by atoms with Crippen LogP contribution < -0.4 is 5.73 Å². The molecule has 2 fully saturated rings. The van der Waals surface area contributed by atoms with Crippen molar-refractivity contribution in [2.24, 2.45) is 17.6 Å². The molecular formula is C13H20Cl3N3. The zero-order chi connectivity index (χ0) is 11.8. The summed E-state index contributed by atoms with van der Waals surface area (Å²) in [6.45, 7) is 3.24. The van der Waals surface area contributed by atoms with E-state index in [-0.39, 0.29) is 24.8 Å². The number of fused-ring (bicyclic) bond motifs is 1. The van der Waals surface area contributed by atoms with Crippen molar-refractivity contribution in [3.8, 4) is 0 Å². The molecule has 3 unspecified atom stereocenters. The smallest absolute Gasteiger partial charge is 0.0634 e. The average molecular weight is 325 g/mol. The number of hydrogen-bond donors (Lipinski definition) is 1. The van der Waals surface area contributed by atoms with Crippen LogP contribution in [0.2, 0.25) is 5.02 Å². The maximum absolute atomic E-state index is 6.14. The average Bonchev–Trinajstić information content (AvgIpc) is 2.85. The summed E-state index contributed by atoms with van der Waals surface area (Å²) < 4.78 is 0. The summed E-state index contributed by atoms with van der Waals surface area (Å²) >= 11 is 6.14. The molecule has 1 aliphatic carbocycles. The zero-order valence-corrected chi connectivity index (χ0v) is 13.1. The van der Waals surface area contributed by atoms with Gasteiger partial charge in [0.2, 0.25) is 0 Å². The number of nitrogens with two attached hydrogens (primary N) is 1. The van der Waals surface area contributed by atoms with E-state index in [1.54, 1.807) is 6.20 Å². The Morgan fingerprint density at radius 3 is 2.79 bits per heavy atom. The molecule has 0 amide bonds. The van der Waals surface area contributed by atoms with Crippen molar-refractivity contribution in [1.82, 2.24) is 9.88 Å². The van der Waals surface area contributed by atoms with Gasteiger partial charge in [0.05, 0.1) is 5.02 Å². The summed E-state index contributed by atoms with van der Waals surface area (Å²) in [6, 6.07) is 2.43. The minimum atomic E-state index is 0. The second kappa shape index (κ2) is 7.09. The van der Waals surface area contributed by atoms with Gasteiger partial charge in [0.25, 0.3) is 0 Å². The predicted octanol–water partition coefficient (Wildman–Crippen LogP) is 2.75. The summed E-state index contributed by atoms with van der Waals surface area (Å²) in [5, 5.41) is 0.772. The lowest BCUT2D eigenvalue weighted by Gasteiger charge is -2.18. The van der Waals surface area contributed by atoms with E-state index in [9.17, 15) is 0 Å². The number of halogens is 3. The van der Waals surface area contributed by atoms with Gasteiger partial charge in [-0.3, -0.25) is 9.88 Å². The van der Waals surface area contributed by atoms with E-state index >= 15 is 0 Å². The molecule has 19 heavy (non-hydrogen) atoms. The number of pyridine rings is 1. The Hall–Kier alpha value is -0.0600. The van der Waals surface area contributed by atoms with Gasteiger partial charge in [0, 0.05) is 38.1 Å². The normalized spacial score (nSPS) is 29.5. The van der Waals surface area contributed by atoms with Crippen LogP contribution in [0.1, 0.15) is 18.4 Å². The first-order valence-electron chi connectivity index (χ1n) is 6.30. The van der Waals surface area contributed by atoms with Crippen LogP contribution in [0.3, 0.4) is 0 Å². The van der Waals surface area contributed by atoms with Crippen LogP contribution in [0.5, 0.6) is 0 Å². The highest BCUT2D eigenvalue weighted by Crippen LogP contribution is 2.37. The van der Waals surface area contributed by atoms with E-state index in [4.69, 9.17) is 17.3 Å². The van der Waals surface area contributed by atoms with Crippen molar-refractivity contribution in [2.45, 2.75) is 25.4 Å². The molecule has 0 radical (unpaired) electrons. The van der Waals surface area contributed by atoms with E-state index in [1.807, 2.05) is 12.3 Å². The summed E-state index contributed by atoms with van der Waals surface area (Å²) in [4.78, 5) is 6.50. The van der Waals surface area contributed by atoms with Gasteiger partial charge in [-0.05, 0) is 36.3 Å². The highest BCUT2D eigenvalue weighted by atomic mass is 35.5. The number of likely N-dealkylation sites (tertiary alicyclic amines) is 1. The quantitative estimate of drug-likeness (QED) is 0.909. The molecule has 3 nitrogen and oxygen atoms in total. The molecular weight excluding hydrogens is 305 g/mol. The van der Waals surface area contributed by atoms with Crippen molar-refractivity contribution in [2.75, 3.05) is 13.1 Å². The van der Waals surface area contributed by atoms with Gasteiger partial charge in [0.1, 0.15) is 0 Å². The van der Waals surface area contributed by atoms with E-state index in [0.717, 1.165) is 24.0 Å². The number of hydrogen-bond acceptors (Lipinski definition) is 3. The van der Waals surface area contributed by atoms with Crippen molar-refractivity contribution in [3.05, 3.63) is 29.0 Å². The van der Waals surface area contributed by atoms with E-state index in [2.05, 4.69) is 9.88 Å². The van der Waals surface area contributed by atoms with Crippen LogP contribution in [-0.4, -0.2) is 29.0 Å². The second-order valence-corrected chi connectivity index (χ2v) is 5.73. The van der Waals surface area contributed by atoms with Gasteiger partial charge in [-0.2, -0.15) is 0 Å². The van der Waals surface area contributed by atoms with Crippen molar-refractivity contribution in [3.63, 3.8) is 0 Å². The molecule has 1 saturated carbocycles. The van der Waals surface area contributed by atoms with Crippen LogP contribution in [0.4, 0.5) is 0 Å². The third kappa shape index (κ3) is 3.53. The highest BCUT2D eigenvalue weighted by Gasteiger charge is 2.40. The first-order valence-corrected chi connectivity index (χ1v) is 6.68. The molecule has 2 N–H and O–H groups in total. The zero-order valence-electron chi connectivity index (χ0n) is 10.7. The largest absolute Gasteiger partial charge is 0.327 e. The van der Waals surface area contributed by atoms with E-state index in [1.165, 1.54) is 24.9 Å². The molecule has 1 saturated heterocycles. The Labute approximate surface area is 131 Å². The van der Waals surface area contributed by atoms with Crippen LogP contribution >= 0.6 is 36.4 Å². The molecule has 2 heterocycles. The maximum Gasteiger partial charge on any atom is 0.0634 e. The van der Waals surface area contributed by atoms with Gasteiger partial charge in [0.15, 0.2) is 0 Å². The maximum atomic E-state index is 6.14. The summed E-state index contributed by atoms with van der Waals surface area (Å²) in [7, 11) is 0. The van der Waals surface area contributed by atoms with Gasteiger partial charge < -0.3 is 5.73 Å². The van der Waals surface area contributed by atoms with Crippen molar-refractivity contribution in [1.29, 1.82) is 0 Å². The molecule has 2 aliphatic rings. The first kappa shape index (κ1) is 17.0. The fraction of sp³-hybridized carbons (Fsp3) is 0.615. The molecule has 0 aromatic carbocycles. The standard InChI is InChI=1S/C13H18ClN3.2ClH/c14-12-5-16-4-3-10(12)7-17-6-9-1-2-13(15)11(9)8-17;;/h3-5,9,11,13H,1-2,6-8,15H2;2*1H. The molecule has 6 heteroatoms. The van der Waals surface area contributed by atoms with E-state index < -0.39 is 0 Å². The molecule has 1 aliphatic heterocycles. The van der Waals surface area contributed by atoms with Crippen LogP contribution in [0.25, 0.3) is 0 Å².